The number of halogens is 12. The van der Waals surface area contributed by atoms with Gasteiger partial charge in [-0.1, -0.05) is 59.1 Å². The normalized spacial score (nSPS) is 16.2. The van der Waals surface area contributed by atoms with Crippen LogP contribution in [0.4, 0.5) is 39.5 Å². The second kappa shape index (κ2) is 11.4. The van der Waals surface area contributed by atoms with Crippen LogP contribution in [0.1, 0.15) is 52.2 Å². The van der Waals surface area contributed by atoms with Crippen molar-refractivity contribution in [2.45, 2.75) is 43.7 Å². The summed E-state index contributed by atoms with van der Waals surface area (Å²) in [4.78, 5) is 24.9. The van der Waals surface area contributed by atoms with Crippen LogP contribution in [0.15, 0.2) is 36.4 Å². The SMILES string of the molecule is O=C(CC1(C(=O)NCC(F)(F)F)CC1)c1ccc(/C=C/[C@H](c2cc(Cl)c(Cl)c(Cl)c2)C(F)(F)F)cc1C(F)(F)F. The first-order chi connectivity index (χ1) is 18.2. The highest BCUT2D eigenvalue weighted by Gasteiger charge is 2.52. The Bertz CT molecular complexity index is 1310. The van der Waals surface area contributed by atoms with Gasteiger partial charge in [0.1, 0.15) is 6.54 Å². The maximum atomic E-state index is 13.8. The first-order valence-corrected chi connectivity index (χ1v) is 12.4. The summed E-state index contributed by atoms with van der Waals surface area (Å²) in [7, 11) is 0. The highest BCUT2D eigenvalue weighted by atomic mass is 35.5. The van der Waals surface area contributed by atoms with Crippen molar-refractivity contribution < 1.29 is 49.1 Å². The van der Waals surface area contributed by atoms with Crippen LogP contribution < -0.4 is 5.32 Å². The van der Waals surface area contributed by atoms with Crippen molar-refractivity contribution in [2.75, 3.05) is 6.54 Å². The van der Waals surface area contributed by atoms with E-state index in [1.54, 1.807) is 5.32 Å². The lowest BCUT2D eigenvalue weighted by molar-refractivity contribution is -0.141. The molecule has 15 heteroatoms. The number of hydrogen-bond donors (Lipinski definition) is 1. The number of ketones is 1. The van der Waals surface area contributed by atoms with Crippen LogP contribution >= 0.6 is 34.8 Å². The summed E-state index contributed by atoms with van der Waals surface area (Å²) in [6, 6.07) is 4.01. The molecule has 0 aromatic heterocycles. The molecule has 1 saturated carbocycles. The minimum absolute atomic E-state index is 0.00215. The Morgan fingerprint density at radius 2 is 1.50 bits per heavy atom. The largest absolute Gasteiger partial charge is 0.417 e. The molecule has 2 aromatic rings. The molecule has 0 radical (unpaired) electrons. The zero-order valence-electron chi connectivity index (χ0n) is 19.8. The van der Waals surface area contributed by atoms with Crippen LogP contribution in [0.5, 0.6) is 0 Å². The van der Waals surface area contributed by atoms with E-state index in [9.17, 15) is 49.1 Å². The second-order valence-corrected chi connectivity index (χ2v) is 10.4. The molecule has 0 unspecified atom stereocenters. The number of carbonyl (C=O) groups is 2. The van der Waals surface area contributed by atoms with Gasteiger partial charge in [-0.25, -0.2) is 0 Å². The topological polar surface area (TPSA) is 46.2 Å². The van der Waals surface area contributed by atoms with E-state index >= 15 is 0 Å². The Labute approximate surface area is 236 Å². The fraction of sp³-hybridized carbons (Fsp3) is 0.360. The first-order valence-electron chi connectivity index (χ1n) is 11.2. The highest BCUT2D eigenvalue weighted by molar-refractivity contribution is 6.48. The number of rotatable bonds is 8. The summed E-state index contributed by atoms with van der Waals surface area (Å²) in [6.45, 7) is -1.66. The van der Waals surface area contributed by atoms with Gasteiger partial charge in [-0.15, -0.1) is 0 Å². The van der Waals surface area contributed by atoms with Gasteiger partial charge in [0.25, 0.3) is 0 Å². The number of nitrogens with one attached hydrogen (secondary N) is 1. The Morgan fingerprint density at radius 1 is 0.925 bits per heavy atom. The average molecular weight is 641 g/mol. The van der Waals surface area contributed by atoms with Crippen LogP contribution in [0.3, 0.4) is 0 Å². The van der Waals surface area contributed by atoms with Gasteiger partial charge in [0.15, 0.2) is 5.78 Å². The van der Waals surface area contributed by atoms with Crippen LogP contribution in [0, 0.1) is 5.41 Å². The number of alkyl halides is 9. The Kier molecular flexibility index (Phi) is 9.18. The van der Waals surface area contributed by atoms with Gasteiger partial charge < -0.3 is 5.32 Å². The predicted molar refractivity (Wildman–Crippen MR) is 130 cm³/mol. The summed E-state index contributed by atoms with van der Waals surface area (Å²) in [6.07, 6.45) is -14.2. The Hall–Kier alpha value is -2.44. The minimum atomic E-state index is -5.12. The smallest absolute Gasteiger partial charge is 0.346 e. The van der Waals surface area contributed by atoms with E-state index in [-0.39, 0.29) is 33.5 Å². The molecule has 1 aliphatic carbocycles. The number of hydrogen-bond acceptors (Lipinski definition) is 2. The van der Waals surface area contributed by atoms with E-state index in [0.717, 1.165) is 30.3 Å². The molecule has 3 nitrogen and oxygen atoms in total. The van der Waals surface area contributed by atoms with Crippen LogP contribution in [0.25, 0.3) is 6.08 Å². The molecule has 0 bridgehead atoms. The molecular formula is C25H17Cl3F9NO2. The van der Waals surface area contributed by atoms with Crippen molar-refractivity contribution in [3.8, 4) is 0 Å². The van der Waals surface area contributed by atoms with E-state index in [4.69, 9.17) is 34.8 Å². The summed E-state index contributed by atoms with van der Waals surface area (Å²) in [5, 5.41) is 0.915. The lowest BCUT2D eigenvalue weighted by Gasteiger charge is -2.19. The zero-order chi connectivity index (χ0) is 30.3. The van der Waals surface area contributed by atoms with Crippen molar-refractivity contribution >= 4 is 52.6 Å². The minimum Gasteiger partial charge on any atom is -0.346 e. The van der Waals surface area contributed by atoms with Crippen molar-refractivity contribution in [1.29, 1.82) is 0 Å². The van der Waals surface area contributed by atoms with Crippen molar-refractivity contribution in [3.63, 3.8) is 0 Å². The number of carbonyl (C=O) groups excluding carboxylic acids is 2. The first kappa shape index (κ1) is 32.1. The Morgan fingerprint density at radius 3 is 1.98 bits per heavy atom. The molecule has 0 aliphatic heterocycles. The highest BCUT2D eigenvalue weighted by Crippen LogP contribution is 2.50. The monoisotopic (exact) mass is 639 g/mol. The molecule has 1 aliphatic rings. The summed E-state index contributed by atoms with van der Waals surface area (Å²) < 4.78 is 120. The van der Waals surface area contributed by atoms with Crippen LogP contribution in [-0.4, -0.2) is 30.6 Å². The molecule has 0 spiro atoms. The lowest BCUT2D eigenvalue weighted by atomic mass is 9.91. The number of Topliss-reactive ketones (excluding diaryl/α,β-unsaturated/α-hetero) is 1. The second-order valence-electron chi connectivity index (χ2n) is 9.16. The fourth-order valence-corrected chi connectivity index (χ4v) is 4.53. The third-order valence-electron chi connectivity index (χ3n) is 6.13. The third-order valence-corrected chi connectivity index (χ3v) is 7.33. The third kappa shape index (κ3) is 7.85. The molecule has 1 N–H and O–H groups in total. The average Bonchev–Trinajstić information content (AvgIpc) is 3.59. The molecule has 1 atom stereocenters. The molecule has 3 rings (SSSR count). The maximum Gasteiger partial charge on any atom is 0.417 e. The van der Waals surface area contributed by atoms with Gasteiger partial charge in [-0.3, -0.25) is 9.59 Å². The molecule has 0 saturated heterocycles. The molecular weight excluding hydrogens is 624 g/mol. The van der Waals surface area contributed by atoms with Gasteiger partial charge in [0, 0.05) is 12.0 Å². The number of allylic oxidation sites excluding steroid dienone is 1. The van der Waals surface area contributed by atoms with Gasteiger partial charge in [0.2, 0.25) is 5.91 Å². The maximum absolute atomic E-state index is 13.8. The van der Waals surface area contributed by atoms with E-state index in [1.807, 2.05) is 0 Å². The van der Waals surface area contributed by atoms with E-state index in [0.29, 0.717) is 12.1 Å². The standard InChI is InChI=1S/C25H17Cl3F9NO2/c26-17-8-13(9-18(27)20(17)28)15(24(32,33)34)4-2-12-1-3-14(16(7-12)25(35,36)37)19(39)10-22(5-6-22)21(40)38-11-23(29,30)31/h1-4,7-9,15H,5-6,10-11H2,(H,38,40)/b4-2+/t15-/m1/s1. The van der Waals surface area contributed by atoms with Gasteiger partial charge in [-0.2, -0.15) is 39.5 Å². The summed E-state index contributed by atoms with van der Waals surface area (Å²) in [5.74, 6) is -4.59. The van der Waals surface area contributed by atoms with Crippen LogP contribution in [-0.2, 0) is 11.0 Å². The number of amides is 1. The van der Waals surface area contributed by atoms with Gasteiger partial charge in [0.05, 0.1) is 32.0 Å². The predicted octanol–water partition coefficient (Wildman–Crippen LogP) is 9.06. The van der Waals surface area contributed by atoms with E-state index < -0.39 is 71.2 Å². The van der Waals surface area contributed by atoms with E-state index in [2.05, 4.69) is 0 Å². The number of benzene rings is 2. The van der Waals surface area contributed by atoms with Crippen molar-refractivity contribution in [1.82, 2.24) is 5.32 Å². The zero-order valence-corrected chi connectivity index (χ0v) is 22.1. The lowest BCUT2D eigenvalue weighted by Crippen LogP contribution is -2.39. The molecule has 0 heterocycles. The Balaban J connectivity index is 1.90. The molecule has 40 heavy (non-hydrogen) atoms. The molecule has 2 aromatic carbocycles. The van der Waals surface area contributed by atoms with Gasteiger partial charge >= 0.3 is 18.5 Å². The quantitative estimate of drug-likeness (QED) is 0.178. The van der Waals surface area contributed by atoms with Gasteiger partial charge in [-0.05, 0) is 42.2 Å². The molecule has 1 fully saturated rings. The molecule has 1 amide bonds. The summed E-state index contributed by atoms with van der Waals surface area (Å²) >= 11 is 17.4. The van der Waals surface area contributed by atoms with Crippen molar-refractivity contribution in [3.05, 3.63) is 73.7 Å². The fourth-order valence-electron chi connectivity index (χ4n) is 3.92. The van der Waals surface area contributed by atoms with Crippen LogP contribution in [0.2, 0.25) is 15.1 Å². The van der Waals surface area contributed by atoms with E-state index in [1.165, 1.54) is 0 Å². The molecule has 218 valence electrons. The van der Waals surface area contributed by atoms with Crippen molar-refractivity contribution in [2.24, 2.45) is 5.41 Å². The summed E-state index contributed by atoms with van der Waals surface area (Å²) in [5.41, 5.74) is -4.68.